The Balaban J connectivity index is 2.11. The molecule has 0 aromatic heterocycles. The van der Waals surface area contributed by atoms with Crippen molar-refractivity contribution in [2.45, 2.75) is 32.2 Å². The molecule has 0 unspecified atom stereocenters. The first-order valence-corrected chi connectivity index (χ1v) is 5.72. The van der Waals surface area contributed by atoms with Crippen LogP contribution >= 0.6 is 0 Å². The van der Waals surface area contributed by atoms with Gasteiger partial charge in [0, 0.05) is 31.7 Å². The van der Waals surface area contributed by atoms with Crippen LogP contribution in [0, 0.1) is 0 Å². The van der Waals surface area contributed by atoms with Gasteiger partial charge < -0.3 is 10.6 Å². The van der Waals surface area contributed by atoms with E-state index in [1.54, 1.807) is 0 Å². The van der Waals surface area contributed by atoms with E-state index in [4.69, 9.17) is 5.73 Å². The number of amides is 1. The van der Waals surface area contributed by atoms with Crippen molar-refractivity contribution in [1.82, 2.24) is 9.80 Å². The summed E-state index contributed by atoms with van der Waals surface area (Å²) >= 11 is 0. The maximum atomic E-state index is 10.5. The average Bonchev–Trinajstić information content (AvgIpc) is 2.17. The van der Waals surface area contributed by atoms with Crippen LogP contribution in [0.5, 0.6) is 0 Å². The van der Waals surface area contributed by atoms with Crippen molar-refractivity contribution < 1.29 is 4.79 Å². The molecule has 1 amide bonds. The van der Waals surface area contributed by atoms with Crippen LogP contribution in [0.15, 0.2) is 0 Å². The van der Waals surface area contributed by atoms with Gasteiger partial charge >= 0.3 is 0 Å². The van der Waals surface area contributed by atoms with Gasteiger partial charge in [-0.05, 0) is 33.2 Å². The first kappa shape index (κ1) is 12.5. The summed E-state index contributed by atoms with van der Waals surface area (Å²) in [6, 6.07) is 0. The Kier molecular flexibility index (Phi) is 4.54. The molecule has 4 nitrogen and oxygen atoms in total. The summed E-state index contributed by atoms with van der Waals surface area (Å²) in [5.41, 5.74) is 5.87. The zero-order valence-electron chi connectivity index (χ0n) is 9.91. The summed E-state index contributed by atoms with van der Waals surface area (Å²) < 4.78 is 0. The van der Waals surface area contributed by atoms with Crippen LogP contribution < -0.4 is 5.73 Å². The van der Waals surface area contributed by atoms with Gasteiger partial charge in [-0.3, -0.25) is 9.69 Å². The number of piperazine rings is 1. The van der Waals surface area contributed by atoms with Crippen molar-refractivity contribution >= 4 is 6.41 Å². The van der Waals surface area contributed by atoms with Gasteiger partial charge in [-0.1, -0.05) is 0 Å². The van der Waals surface area contributed by atoms with Gasteiger partial charge in [0.25, 0.3) is 0 Å². The Morgan fingerprint density at radius 3 is 2.33 bits per heavy atom. The lowest BCUT2D eigenvalue weighted by molar-refractivity contribution is -0.119. The lowest BCUT2D eigenvalue weighted by Gasteiger charge is -2.33. The predicted molar refractivity (Wildman–Crippen MR) is 61.6 cm³/mol. The second-order valence-electron chi connectivity index (χ2n) is 5.08. The van der Waals surface area contributed by atoms with Crippen LogP contribution in [-0.4, -0.2) is 54.5 Å². The molecule has 1 saturated heterocycles. The van der Waals surface area contributed by atoms with Crippen molar-refractivity contribution in [2.24, 2.45) is 5.73 Å². The minimum Gasteiger partial charge on any atom is -0.343 e. The highest BCUT2D eigenvalue weighted by Gasteiger charge is 2.16. The van der Waals surface area contributed by atoms with Gasteiger partial charge in [-0.2, -0.15) is 0 Å². The topological polar surface area (TPSA) is 49.6 Å². The highest BCUT2D eigenvalue weighted by Crippen LogP contribution is 2.09. The van der Waals surface area contributed by atoms with Crippen molar-refractivity contribution in [1.29, 1.82) is 0 Å². The fraction of sp³-hybridized carbons (Fsp3) is 0.909. The van der Waals surface area contributed by atoms with E-state index in [0.717, 1.165) is 52.0 Å². The summed E-state index contributed by atoms with van der Waals surface area (Å²) in [6.07, 6.45) is 3.14. The van der Waals surface area contributed by atoms with Crippen molar-refractivity contribution in [3.05, 3.63) is 0 Å². The number of hydrogen-bond acceptors (Lipinski definition) is 3. The van der Waals surface area contributed by atoms with E-state index in [9.17, 15) is 4.79 Å². The molecule has 4 heteroatoms. The van der Waals surface area contributed by atoms with Gasteiger partial charge in [0.15, 0.2) is 0 Å². The van der Waals surface area contributed by atoms with Crippen LogP contribution in [0.2, 0.25) is 0 Å². The van der Waals surface area contributed by atoms with Crippen molar-refractivity contribution in [2.75, 3.05) is 32.7 Å². The van der Waals surface area contributed by atoms with E-state index in [-0.39, 0.29) is 5.54 Å². The number of nitrogens with zero attached hydrogens (tertiary/aromatic N) is 2. The molecule has 0 saturated carbocycles. The van der Waals surface area contributed by atoms with Crippen molar-refractivity contribution in [3.63, 3.8) is 0 Å². The highest BCUT2D eigenvalue weighted by atomic mass is 16.1. The molecule has 15 heavy (non-hydrogen) atoms. The van der Waals surface area contributed by atoms with Gasteiger partial charge in [-0.15, -0.1) is 0 Å². The molecule has 0 aliphatic carbocycles. The van der Waals surface area contributed by atoms with E-state index in [1.165, 1.54) is 0 Å². The summed E-state index contributed by atoms with van der Waals surface area (Å²) in [6.45, 7) is 8.99. The molecule has 0 aromatic carbocycles. The maximum absolute atomic E-state index is 10.5. The molecule has 1 aliphatic heterocycles. The summed E-state index contributed by atoms with van der Waals surface area (Å²) in [5.74, 6) is 0. The Morgan fingerprint density at radius 1 is 1.27 bits per heavy atom. The molecule has 1 rings (SSSR count). The second-order valence-corrected chi connectivity index (χ2v) is 5.08. The zero-order valence-corrected chi connectivity index (χ0v) is 9.91. The van der Waals surface area contributed by atoms with Crippen LogP contribution in [0.3, 0.4) is 0 Å². The number of hydrogen-bond donors (Lipinski definition) is 1. The average molecular weight is 213 g/mol. The minimum absolute atomic E-state index is 0.0510. The third kappa shape index (κ3) is 5.14. The monoisotopic (exact) mass is 213 g/mol. The third-order valence-electron chi connectivity index (χ3n) is 2.85. The normalized spacial score (nSPS) is 19.3. The van der Waals surface area contributed by atoms with E-state index < -0.39 is 0 Å². The van der Waals surface area contributed by atoms with Gasteiger partial charge in [0.2, 0.25) is 6.41 Å². The molecule has 1 fully saturated rings. The Labute approximate surface area is 92.4 Å². The first-order valence-electron chi connectivity index (χ1n) is 5.72. The van der Waals surface area contributed by atoms with Crippen LogP contribution in [-0.2, 0) is 4.79 Å². The van der Waals surface area contributed by atoms with E-state index in [0.29, 0.717) is 0 Å². The smallest absolute Gasteiger partial charge is 0.209 e. The molecule has 88 valence electrons. The van der Waals surface area contributed by atoms with E-state index in [1.807, 2.05) is 4.90 Å². The molecule has 0 spiro atoms. The fourth-order valence-electron chi connectivity index (χ4n) is 1.85. The standard InChI is InChI=1S/C11H23N3O/c1-11(2,12)4-3-5-13-6-8-14(10-15)9-7-13/h10H,3-9,12H2,1-2H3. The molecule has 2 N–H and O–H groups in total. The van der Waals surface area contributed by atoms with Crippen LogP contribution in [0.4, 0.5) is 0 Å². The second kappa shape index (κ2) is 5.47. The number of rotatable bonds is 5. The molecule has 0 radical (unpaired) electrons. The van der Waals surface area contributed by atoms with Gasteiger partial charge in [0.1, 0.15) is 0 Å². The first-order chi connectivity index (χ1) is 7.01. The summed E-state index contributed by atoms with van der Waals surface area (Å²) in [5, 5.41) is 0. The van der Waals surface area contributed by atoms with Crippen LogP contribution in [0.1, 0.15) is 26.7 Å². The number of carbonyl (C=O) groups is 1. The molecule has 0 atom stereocenters. The molecule has 0 aromatic rings. The fourth-order valence-corrected chi connectivity index (χ4v) is 1.85. The Morgan fingerprint density at radius 2 is 1.87 bits per heavy atom. The number of carbonyl (C=O) groups excluding carboxylic acids is 1. The largest absolute Gasteiger partial charge is 0.343 e. The highest BCUT2D eigenvalue weighted by molar-refractivity contribution is 5.47. The number of nitrogens with two attached hydrogens (primary N) is 1. The minimum atomic E-state index is -0.0510. The molecule has 1 heterocycles. The predicted octanol–water partition coefficient (Wildman–Crippen LogP) is 0.278. The van der Waals surface area contributed by atoms with E-state index in [2.05, 4.69) is 18.7 Å². The molecular formula is C11H23N3O. The Bertz CT molecular complexity index is 192. The molecule has 0 bridgehead atoms. The van der Waals surface area contributed by atoms with Gasteiger partial charge in [-0.25, -0.2) is 0 Å². The van der Waals surface area contributed by atoms with Crippen molar-refractivity contribution in [3.8, 4) is 0 Å². The maximum Gasteiger partial charge on any atom is 0.209 e. The van der Waals surface area contributed by atoms with E-state index >= 15 is 0 Å². The zero-order chi connectivity index (χ0) is 11.3. The third-order valence-corrected chi connectivity index (χ3v) is 2.85. The summed E-state index contributed by atoms with van der Waals surface area (Å²) in [7, 11) is 0. The molecule has 1 aliphatic rings. The lowest BCUT2D eigenvalue weighted by Crippen LogP contribution is -2.46. The lowest BCUT2D eigenvalue weighted by atomic mass is 10.00. The Hall–Kier alpha value is -0.610. The van der Waals surface area contributed by atoms with Gasteiger partial charge in [0.05, 0.1) is 0 Å². The van der Waals surface area contributed by atoms with Crippen LogP contribution in [0.25, 0.3) is 0 Å². The molecular weight excluding hydrogens is 190 g/mol. The summed E-state index contributed by atoms with van der Waals surface area (Å²) in [4.78, 5) is 14.7. The quantitative estimate of drug-likeness (QED) is 0.667. The SMILES string of the molecule is CC(C)(N)CCCN1CCN(C=O)CC1.